The summed E-state index contributed by atoms with van der Waals surface area (Å²) < 4.78 is 5.89. The smallest absolute Gasteiger partial charge is 0.287 e. The molecule has 0 amide bonds. The van der Waals surface area contributed by atoms with Gasteiger partial charge in [0.1, 0.15) is 17.4 Å². The van der Waals surface area contributed by atoms with Crippen LogP contribution in [0.25, 0.3) is 0 Å². The Labute approximate surface area is 118 Å². The Morgan fingerprint density at radius 2 is 2.30 bits per heavy atom. The highest BCUT2D eigenvalue weighted by molar-refractivity contribution is 5.52. The van der Waals surface area contributed by atoms with E-state index in [1.165, 1.54) is 18.6 Å². The Kier molecular flexibility index (Phi) is 4.57. The Hall–Kier alpha value is -2.09. The fraction of sp³-hybridized carbons (Fsp3) is 0.533. The normalized spacial score (nSPS) is 22.0. The summed E-state index contributed by atoms with van der Waals surface area (Å²) in [7, 11) is 0. The fourth-order valence-corrected chi connectivity index (χ4v) is 2.75. The molecule has 0 spiro atoms. The minimum atomic E-state index is -0.546. The van der Waals surface area contributed by atoms with Gasteiger partial charge >= 0.3 is 0 Å². The van der Waals surface area contributed by atoms with Crippen molar-refractivity contribution in [3.8, 4) is 11.8 Å². The van der Waals surface area contributed by atoms with E-state index in [2.05, 4.69) is 6.92 Å². The van der Waals surface area contributed by atoms with Crippen LogP contribution in [0.5, 0.6) is 5.75 Å². The highest BCUT2D eigenvalue weighted by Crippen LogP contribution is 2.31. The summed E-state index contributed by atoms with van der Waals surface area (Å²) in [6, 6.07) is 6.24. The summed E-state index contributed by atoms with van der Waals surface area (Å²) in [6.45, 7) is 2.19. The largest absolute Gasteiger partial charge is 0.490 e. The Morgan fingerprint density at radius 3 is 2.95 bits per heavy atom. The summed E-state index contributed by atoms with van der Waals surface area (Å²) in [5.41, 5.74) is -0.120. The minimum Gasteiger partial charge on any atom is -0.490 e. The highest BCUT2D eigenvalue weighted by atomic mass is 16.6. The van der Waals surface area contributed by atoms with Gasteiger partial charge in [-0.1, -0.05) is 19.8 Å². The second kappa shape index (κ2) is 6.38. The maximum atomic E-state index is 10.8. The number of rotatable bonds is 4. The molecule has 20 heavy (non-hydrogen) atoms. The van der Waals surface area contributed by atoms with Crippen molar-refractivity contribution in [3.63, 3.8) is 0 Å². The van der Waals surface area contributed by atoms with E-state index in [1.54, 1.807) is 6.07 Å². The molecule has 5 nitrogen and oxygen atoms in total. The number of nitriles is 1. The summed E-state index contributed by atoms with van der Waals surface area (Å²) in [6.07, 6.45) is 5.75. The van der Waals surface area contributed by atoms with Gasteiger partial charge in [0.25, 0.3) is 5.69 Å². The van der Waals surface area contributed by atoms with Crippen molar-refractivity contribution in [2.45, 2.75) is 45.1 Å². The van der Waals surface area contributed by atoms with Gasteiger partial charge in [0.2, 0.25) is 0 Å². The van der Waals surface area contributed by atoms with Crippen molar-refractivity contribution in [3.05, 3.63) is 33.9 Å². The molecule has 0 saturated heterocycles. The maximum absolute atomic E-state index is 10.8. The highest BCUT2D eigenvalue weighted by Gasteiger charge is 2.23. The van der Waals surface area contributed by atoms with Crippen LogP contribution >= 0.6 is 0 Å². The molecule has 2 rings (SSSR count). The zero-order valence-electron chi connectivity index (χ0n) is 11.5. The molecule has 0 heterocycles. The molecule has 0 bridgehead atoms. The number of nitro benzene ring substituents is 1. The Bertz CT molecular complexity index is 536. The van der Waals surface area contributed by atoms with E-state index in [0.29, 0.717) is 11.7 Å². The van der Waals surface area contributed by atoms with Gasteiger partial charge in [-0.2, -0.15) is 5.26 Å². The standard InChI is InChI=1S/C15H18N2O3/c1-2-11-4-3-5-13(8-11)20-14-6-7-15(17(18)19)12(9-14)10-16/h6-7,9,11,13H,2-5,8H2,1H3. The molecule has 0 radical (unpaired) electrons. The van der Waals surface area contributed by atoms with Crippen LogP contribution in [0.4, 0.5) is 5.69 Å². The quantitative estimate of drug-likeness (QED) is 0.617. The molecule has 1 aliphatic carbocycles. The molecular formula is C15H18N2O3. The topological polar surface area (TPSA) is 76.2 Å². The maximum Gasteiger partial charge on any atom is 0.287 e. The predicted molar refractivity (Wildman–Crippen MR) is 74.5 cm³/mol. The zero-order valence-corrected chi connectivity index (χ0v) is 11.5. The number of hydrogen-bond donors (Lipinski definition) is 0. The number of benzene rings is 1. The molecule has 2 atom stereocenters. The van der Waals surface area contributed by atoms with Crippen molar-refractivity contribution < 1.29 is 9.66 Å². The molecule has 0 aliphatic heterocycles. The van der Waals surface area contributed by atoms with Gasteiger partial charge in [0.05, 0.1) is 11.0 Å². The molecule has 0 N–H and O–H groups in total. The lowest BCUT2D eigenvalue weighted by molar-refractivity contribution is -0.385. The molecule has 1 aromatic rings. The van der Waals surface area contributed by atoms with Crippen LogP contribution in [0, 0.1) is 27.4 Å². The van der Waals surface area contributed by atoms with Crippen molar-refractivity contribution in [2.75, 3.05) is 0 Å². The van der Waals surface area contributed by atoms with Gasteiger partial charge in [-0.05, 0) is 31.2 Å². The third-order valence-corrected chi connectivity index (χ3v) is 3.90. The fourth-order valence-electron chi connectivity index (χ4n) is 2.75. The number of nitro groups is 1. The van der Waals surface area contributed by atoms with Crippen LogP contribution < -0.4 is 4.74 Å². The third-order valence-electron chi connectivity index (χ3n) is 3.90. The average Bonchev–Trinajstić information content (AvgIpc) is 2.47. The molecule has 2 unspecified atom stereocenters. The first-order valence-electron chi connectivity index (χ1n) is 6.99. The number of ether oxygens (including phenoxy) is 1. The van der Waals surface area contributed by atoms with E-state index in [4.69, 9.17) is 10.00 Å². The van der Waals surface area contributed by atoms with E-state index in [9.17, 15) is 10.1 Å². The van der Waals surface area contributed by atoms with Crippen molar-refractivity contribution >= 4 is 5.69 Å². The minimum absolute atomic E-state index is 0.0513. The number of nitrogens with zero attached hydrogens (tertiary/aromatic N) is 2. The van der Waals surface area contributed by atoms with Crippen LogP contribution in [-0.2, 0) is 0 Å². The summed E-state index contributed by atoms with van der Waals surface area (Å²) in [4.78, 5) is 10.2. The van der Waals surface area contributed by atoms with Crippen LogP contribution in [0.2, 0.25) is 0 Å². The van der Waals surface area contributed by atoms with Crippen molar-refractivity contribution in [1.29, 1.82) is 5.26 Å². The van der Waals surface area contributed by atoms with Gasteiger partial charge in [0, 0.05) is 12.1 Å². The Balaban J connectivity index is 2.10. The molecule has 1 aliphatic rings. The van der Waals surface area contributed by atoms with E-state index in [1.807, 2.05) is 6.07 Å². The SMILES string of the molecule is CCC1CCCC(Oc2ccc([N+](=O)[O-])c(C#N)c2)C1. The van der Waals surface area contributed by atoms with Crippen LogP contribution in [0.15, 0.2) is 18.2 Å². The van der Waals surface area contributed by atoms with Gasteiger partial charge in [0.15, 0.2) is 0 Å². The van der Waals surface area contributed by atoms with Crippen molar-refractivity contribution in [1.82, 2.24) is 0 Å². The monoisotopic (exact) mass is 274 g/mol. The molecule has 1 fully saturated rings. The first kappa shape index (κ1) is 14.3. The van der Waals surface area contributed by atoms with Crippen molar-refractivity contribution in [2.24, 2.45) is 5.92 Å². The third kappa shape index (κ3) is 3.27. The molecule has 106 valence electrons. The summed E-state index contributed by atoms with van der Waals surface area (Å²) >= 11 is 0. The second-order valence-corrected chi connectivity index (χ2v) is 5.23. The van der Waals surface area contributed by atoms with E-state index >= 15 is 0 Å². The first-order chi connectivity index (χ1) is 9.63. The van der Waals surface area contributed by atoms with Crippen LogP contribution in [0.3, 0.4) is 0 Å². The van der Waals surface area contributed by atoms with E-state index in [-0.39, 0.29) is 17.4 Å². The lowest BCUT2D eigenvalue weighted by atomic mass is 9.85. The lowest BCUT2D eigenvalue weighted by Crippen LogP contribution is -2.25. The van der Waals surface area contributed by atoms with Gasteiger partial charge in [-0.3, -0.25) is 10.1 Å². The number of hydrogen-bond acceptors (Lipinski definition) is 4. The van der Waals surface area contributed by atoms with E-state index in [0.717, 1.165) is 25.7 Å². The molecular weight excluding hydrogens is 256 g/mol. The van der Waals surface area contributed by atoms with Gasteiger partial charge < -0.3 is 4.74 Å². The summed E-state index contributed by atoms with van der Waals surface area (Å²) in [5.74, 6) is 1.25. The first-order valence-corrected chi connectivity index (χ1v) is 6.99. The average molecular weight is 274 g/mol. The Morgan fingerprint density at radius 1 is 1.50 bits per heavy atom. The lowest BCUT2D eigenvalue weighted by Gasteiger charge is -2.28. The van der Waals surface area contributed by atoms with Crippen LogP contribution in [-0.4, -0.2) is 11.0 Å². The summed E-state index contributed by atoms with van der Waals surface area (Å²) in [5, 5.41) is 19.7. The molecule has 1 aromatic carbocycles. The predicted octanol–water partition coefficient (Wildman–Crippen LogP) is 3.81. The molecule has 1 saturated carbocycles. The second-order valence-electron chi connectivity index (χ2n) is 5.23. The zero-order chi connectivity index (χ0) is 14.5. The van der Waals surface area contributed by atoms with E-state index < -0.39 is 4.92 Å². The van der Waals surface area contributed by atoms with Gasteiger partial charge in [-0.15, -0.1) is 0 Å². The van der Waals surface area contributed by atoms with Crippen LogP contribution in [0.1, 0.15) is 44.6 Å². The molecule has 5 heteroatoms. The molecule has 0 aromatic heterocycles. The van der Waals surface area contributed by atoms with Gasteiger partial charge in [-0.25, -0.2) is 0 Å².